The molecule has 2 heterocycles. The van der Waals surface area contributed by atoms with Crippen LogP contribution in [0.5, 0.6) is 5.88 Å². The molecule has 0 aromatic carbocycles. The minimum Gasteiger partial charge on any atom is -0.479 e. The number of aromatic nitrogens is 4. The van der Waals surface area contributed by atoms with Gasteiger partial charge in [-0.05, 0) is 6.08 Å². The third-order valence-electron chi connectivity index (χ3n) is 2.27. The van der Waals surface area contributed by atoms with E-state index in [1.165, 1.54) is 19.8 Å². The number of carbonyl (C=O) groups excluding carboxylic acids is 1. The Kier molecular flexibility index (Phi) is 4.15. The van der Waals surface area contributed by atoms with Crippen LogP contribution in [0.15, 0.2) is 18.7 Å². The third-order valence-corrected chi connectivity index (χ3v) is 2.27. The number of imidazole rings is 1. The Labute approximate surface area is 113 Å². The van der Waals surface area contributed by atoms with Gasteiger partial charge in [-0.2, -0.15) is 9.77 Å². The first-order valence-corrected chi connectivity index (χ1v) is 5.48. The highest BCUT2D eigenvalue weighted by molar-refractivity contribution is 6.20. The van der Waals surface area contributed by atoms with Crippen molar-refractivity contribution in [1.29, 1.82) is 0 Å². The molecule has 2 aromatic heterocycles. The molecule has 0 N–H and O–H groups in total. The molecule has 9 nitrogen and oxygen atoms in total. The van der Waals surface area contributed by atoms with E-state index in [-0.39, 0.29) is 6.61 Å². The van der Waals surface area contributed by atoms with Crippen molar-refractivity contribution in [3.63, 3.8) is 0 Å². The lowest BCUT2D eigenvalue weighted by Gasteiger charge is -1.99. The fraction of sp³-hybridized carbons (Fsp3) is 0.182. The van der Waals surface area contributed by atoms with Crippen LogP contribution in [-0.4, -0.2) is 50.2 Å². The van der Waals surface area contributed by atoms with Crippen LogP contribution in [-0.2, 0) is 9.53 Å². The van der Waals surface area contributed by atoms with E-state index in [0.717, 1.165) is 0 Å². The van der Waals surface area contributed by atoms with E-state index in [0.29, 0.717) is 23.3 Å². The van der Waals surface area contributed by atoms with E-state index in [1.54, 1.807) is 16.8 Å². The maximum Gasteiger partial charge on any atom is 0.413 e. The standard InChI is InChI=1S/C11H10N6O3/c1-19-11-9-10(13-6-14-11)17(7-15-9)3-2-4-20-8(18)5-16-12/h2-3,5-7H,4H2,1H3/b3-2+. The van der Waals surface area contributed by atoms with Gasteiger partial charge in [0.25, 0.3) is 0 Å². The fourth-order valence-corrected chi connectivity index (χ4v) is 1.46. The molecule has 0 radical (unpaired) electrons. The smallest absolute Gasteiger partial charge is 0.413 e. The second-order valence-electron chi connectivity index (χ2n) is 3.47. The van der Waals surface area contributed by atoms with E-state index >= 15 is 0 Å². The lowest BCUT2D eigenvalue weighted by atomic mass is 10.5. The summed E-state index contributed by atoms with van der Waals surface area (Å²) in [6.07, 6.45) is 6.78. The van der Waals surface area contributed by atoms with Crippen LogP contribution in [0.1, 0.15) is 0 Å². The zero-order valence-electron chi connectivity index (χ0n) is 10.5. The Bertz CT molecular complexity index is 701. The molecule has 0 bridgehead atoms. The Morgan fingerprint density at radius 3 is 3.10 bits per heavy atom. The van der Waals surface area contributed by atoms with Crippen molar-refractivity contribution in [3.8, 4) is 5.88 Å². The van der Waals surface area contributed by atoms with Gasteiger partial charge in [0.2, 0.25) is 5.88 Å². The first kappa shape index (κ1) is 13.4. The van der Waals surface area contributed by atoms with Crippen LogP contribution in [0.2, 0.25) is 0 Å². The van der Waals surface area contributed by atoms with Gasteiger partial charge in [0.15, 0.2) is 11.2 Å². The number of ether oxygens (including phenoxy) is 2. The molecule has 20 heavy (non-hydrogen) atoms. The molecule has 0 fully saturated rings. The van der Waals surface area contributed by atoms with E-state index in [1.807, 2.05) is 0 Å². The summed E-state index contributed by atoms with van der Waals surface area (Å²) in [6, 6.07) is 0. The number of methoxy groups -OCH3 is 1. The highest BCUT2D eigenvalue weighted by Gasteiger charge is 2.08. The van der Waals surface area contributed by atoms with E-state index in [2.05, 4.69) is 19.7 Å². The molecule has 2 aromatic rings. The van der Waals surface area contributed by atoms with Crippen LogP contribution < -0.4 is 4.74 Å². The van der Waals surface area contributed by atoms with Gasteiger partial charge in [-0.3, -0.25) is 4.57 Å². The normalized spacial score (nSPS) is 10.4. The van der Waals surface area contributed by atoms with E-state index in [9.17, 15) is 4.79 Å². The summed E-state index contributed by atoms with van der Waals surface area (Å²) in [5.74, 6) is -0.357. The lowest BCUT2D eigenvalue weighted by molar-refractivity contribution is -0.137. The van der Waals surface area contributed by atoms with Gasteiger partial charge in [-0.1, -0.05) is 0 Å². The van der Waals surface area contributed by atoms with Gasteiger partial charge in [-0.25, -0.2) is 14.8 Å². The first-order chi connectivity index (χ1) is 9.76. The summed E-state index contributed by atoms with van der Waals surface area (Å²) < 4.78 is 11.4. The second kappa shape index (κ2) is 6.21. The Balaban J connectivity index is 2.10. The minimum atomic E-state index is -0.739. The molecular formula is C11H10N6O3. The molecule has 9 heteroatoms. The van der Waals surface area contributed by atoms with Crippen molar-refractivity contribution in [2.24, 2.45) is 0 Å². The number of carbonyl (C=O) groups is 1. The second-order valence-corrected chi connectivity index (χ2v) is 3.47. The summed E-state index contributed by atoms with van der Waals surface area (Å²) in [4.78, 5) is 25.6. The predicted molar refractivity (Wildman–Crippen MR) is 67.8 cm³/mol. The van der Waals surface area contributed by atoms with Gasteiger partial charge in [-0.15, -0.1) is 0 Å². The zero-order valence-corrected chi connectivity index (χ0v) is 10.5. The first-order valence-electron chi connectivity index (χ1n) is 5.48. The van der Waals surface area contributed by atoms with Crippen molar-refractivity contribution >= 4 is 29.5 Å². The molecule has 0 saturated heterocycles. The molecule has 0 amide bonds. The molecule has 0 atom stereocenters. The van der Waals surface area contributed by atoms with Gasteiger partial charge < -0.3 is 15.0 Å². The topological polar surface area (TPSA) is 116 Å². The molecule has 0 spiro atoms. The van der Waals surface area contributed by atoms with Crippen molar-refractivity contribution in [2.45, 2.75) is 0 Å². The number of esters is 1. The molecule has 0 aliphatic heterocycles. The number of rotatable bonds is 5. The highest BCUT2D eigenvalue weighted by Crippen LogP contribution is 2.18. The summed E-state index contributed by atoms with van der Waals surface area (Å²) in [5, 5.41) is 0. The maximum atomic E-state index is 10.9. The Hall–Kier alpha value is -3.06. The van der Waals surface area contributed by atoms with Crippen LogP contribution >= 0.6 is 0 Å². The molecule has 0 unspecified atom stereocenters. The third kappa shape index (κ3) is 2.85. The predicted octanol–water partition coefficient (Wildman–Crippen LogP) is 0.149. The lowest BCUT2D eigenvalue weighted by Crippen LogP contribution is -2.05. The molecular weight excluding hydrogens is 264 g/mol. The Morgan fingerprint density at radius 2 is 2.35 bits per heavy atom. The van der Waals surface area contributed by atoms with Crippen molar-refractivity contribution in [2.75, 3.05) is 13.7 Å². The number of fused-ring (bicyclic) bond motifs is 1. The van der Waals surface area contributed by atoms with Gasteiger partial charge >= 0.3 is 12.2 Å². The minimum absolute atomic E-state index is 0.0206. The largest absolute Gasteiger partial charge is 0.479 e. The maximum absolute atomic E-state index is 10.9. The average molecular weight is 274 g/mol. The van der Waals surface area contributed by atoms with Crippen molar-refractivity contribution < 1.29 is 19.1 Å². The number of hydrogen-bond donors (Lipinski definition) is 0. The van der Waals surface area contributed by atoms with Crippen LogP contribution in [0.25, 0.3) is 22.9 Å². The zero-order chi connectivity index (χ0) is 14.4. The summed E-state index contributed by atoms with van der Waals surface area (Å²) in [6.45, 7) is 0.0206. The van der Waals surface area contributed by atoms with Crippen molar-refractivity contribution in [1.82, 2.24) is 19.5 Å². The Morgan fingerprint density at radius 1 is 1.50 bits per heavy atom. The van der Waals surface area contributed by atoms with Gasteiger partial charge in [0.05, 0.1) is 7.11 Å². The quantitative estimate of drug-likeness (QED) is 0.331. The van der Waals surface area contributed by atoms with Crippen molar-refractivity contribution in [3.05, 3.63) is 24.3 Å². The van der Waals surface area contributed by atoms with Crippen LogP contribution in [0, 0.1) is 0 Å². The van der Waals surface area contributed by atoms with Crippen LogP contribution in [0.4, 0.5) is 0 Å². The molecule has 2 rings (SSSR count). The molecule has 0 saturated carbocycles. The number of nitrogens with zero attached hydrogens (tertiary/aromatic N) is 6. The fourth-order valence-electron chi connectivity index (χ4n) is 1.46. The van der Waals surface area contributed by atoms with Crippen LogP contribution in [0.3, 0.4) is 0 Å². The monoisotopic (exact) mass is 274 g/mol. The van der Waals surface area contributed by atoms with E-state index < -0.39 is 5.97 Å². The molecule has 0 aliphatic carbocycles. The SMILES string of the molecule is COc1ncnc2c1ncn2/C=C/COC(=O)C=[N+]=[N-]. The van der Waals surface area contributed by atoms with E-state index in [4.69, 9.17) is 15.0 Å². The molecule has 0 aliphatic rings. The summed E-state index contributed by atoms with van der Waals surface area (Å²) in [7, 11) is 1.50. The van der Waals surface area contributed by atoms with Gasteiger partial charge in [0, 0.05) is 6.20 Å². The highest BCUT2D eigenvalue weighted by atomic mass is 16.5. The average Bonchev–Trinajstić information content (AvgIpc) is 2.87. The summed E-state index contributed by atoms with van der Waals surface area (Å²) >= 11 is 0. The number of hydrogen-bond acceptors (Lipinski definition) is 6. The molecule has 102 valence electrons. The van der Waals surface area contributed by atoms with Gasteiger partial charge in [0.1, 0.15) is 19.3 Å². The summed E-state index contributed by atoms with van der Waals surface area (Å²) in [5.41, 5.74) is 9.22.